The molecular formula is C23H23N5. The third kappa shape index (κ3) is 3.04. The summed E-state index contributed by atoms with van der Waals surface area (Å²) in [6, 6.07) is 19.4. The number of aromatic amines is 1. The number of nitrogens with zero attached hydrogens (tertiary/aromatic N) is 4. The number of hydrogen-bond acceptors (Lipinski definition) is 3. The van der Waals surface area contributed by atoms with Gasteiger partial charge in [-0.1, -0.05) is 54.6 Å². The lowest BCUT2D eigenvalue weighted by atomic mass is 9.95. The summed E-state index contributed by atoms with van der Waals surface area (Å²) in [7, 11) is 1.97. The zero-order valence-corrected chi connectivity index (χ0v) is 15.9. The van der Waals surface area contributed by atoms with Crippen molar-refractivity contribution >= 4 is 0 Å². The van der Waals surface area contributed by atoms with Gasteiger partial charge < -0.3 is 4.98 Å². The van der Waals surface area contributed by atoms with Crippen LogP contribution in [0.2, 0.25) is 0 Å². The smallest absolute Gasteiger partial charge is 0.0926 e. The van der Waals surface area contributed by atoms with E-state index in [1.54, 1.807) is 0 Å². The lowest BCUT2D eigenvalue weighted by molar-refractivity contribution is 0.200. The summed E-state index contributed by atoms with van der Waals surface area (Å²) in [6.07, 6.45) is 6.87. The lowest BCUT2D eigenvalue weighted by Crippen LogP contribution is -2.35. The van der Waals surface area contributed by atoms with Crippen molar-refractivity contribution in [1.82, 2.24) is 24.6 Å². The van der Waals surface area contributed by atoms with Gasteiger partial charge >= 0.3 is 0 Å². The number of H-pyrrole nitrogens is 1. The largest absolute Gasteiger partial charge is 0.348 e. The highest BCUT2D eigenvalue weighted by Crippen LogP contribution is 2.35. The molecule has 140 valence electrons. The molecule has 0 spiro atoms. The van der Waals surface area contributed by atoms with Gasteiger partial charge in [0, 0.05) is 44.0 Å². The van der Waals surface area contributed by atoms with Crippen LogP contribution in [0.5, 0.6) is 0 Å². The third-order valence-corrected chi connectivity index (χ3v) is 5.54. The van der Waals surface area contributed by atoms with Gasteiger partial charge in [-0.15, -0.1) is 0 Å². The molecule has 2 aromatic heterocycles. The van der Waals surface area contributed by atoms with E-state index in [9.17, 15) is 0 Å². The highest BCUT2D eigenvalue weighted by molar-refractivity contribution is 5.67. The van der Waals surface area contributed by atoms with Crippen LogP contribution in [0.1, 0.15) is 28.6 Å². The minimum atomic E-state index is 0.118. The summed E-state index contributed by atoms with van der Waals surface area (Å²) >= 11 is 0. The van der Waals surface area contributed by atoms with Gasteiger partial charge in [0.05, 0.1) is 24.3 Å². The predicted octanol–water partition coefficient (Wildman–Crippen LogP) is 3.96. The molecule has 1 atom stereocenters. The van der Waals surface area contributed by atoms with E-state index in [0.717, 1.165) is 25.2 Å². The van der Waals surface area contributed by atoms with E-state index in [2.05, 4.69) is 80.8 Å². The monoisotopic (exact) mass is 369 g/mol. The molecule has 1 N–H and O–H groups in total. The van der Waals surface area contributed by atoms with Crippen molar-refractivity contribution < 1.29 is 0 Å². The summed E-state index contributed by atoms with van der Waals surface area (Å²) in [4.78, 5) is 10.5. The van der Waals surface area contributed by atoms with Crippen LogP contribution in [0.3, 0.4) is 0 Å². The minimum Gasteiger partial charge on any atom is -0.348 e. The molecule has 0 aliphatic carbocycles. The Bertz CT molecular complexity index is 1080. The fraction of sp³-hybridized carbons (Fsp3) is 0.217. The van der Waals surface area contributed by atoms with Crippen LogP contribution in [0.15, 0.2) is 73.3 Å². The summed E-state index contributed by atoms with van der Waals surface area (Å²) in [5.41, 5.74) is 7.43. The van der Waals surface area contributed by atoms with Crippen LogP contribution in [-0.2, 0) is 20.0 Å². The first-order valence-corrected chi connectivity index (χ1v) is 9.67. The average molecular weight is 369 g/mol. The van der Waals surface area contributed by atoms with E-state index in [-0.39, 0.29) is 6.04 Å². The van der Waals surface area contributed by atoms with Gasteiger partial charge in [0.1, 0.15) is 0 Å². The van der Waals surface area contributed by atoms with Crippen molar-refractivity contribution in [1.29, 1.82) is 0 Å². The van der Waals surface area contributed by atoms with Crippen LogP contribution in [-0.4, -0.2) is 31.2 Å². The standard InChI is InChI=1S/C23H23N5/c1-27-14-19(13-26-27)23-22-21(24-16-25-22)11-12-28(23)15-18-9-5-6-10-20(18)17-7-3-2-4-8-17/h2-10,13-14,16,23H,11-12,15H2,1H3,(H,24,25)/t23-/m1/s1. The first kappa shape index (κ1) is 17.0. The first-order valence-electron chi connectivity index (χ1n) is 9.67. The number of fused-ring (bicyclic) bond motifs is 1. The van der Waals surface area contributed by atoms with Gasteiger partial charge in [-0.3, -0.25) is 9.58 Å². The molecule has 0 saturated heterocycles. The highest BCUT2D eigenvalue weighted by Gasteiger charge is 2.32. The maximum absolute atomic E-state index is 4.66. The molecule has 1 aliphatic rings. The van der Waals surface area contributed by atoms with Crippen LogP contribution in [0.25, 0.3) is 11.1 Å². The third-order valence-electron chi connectivity index (χ3n) is 5.54. The van der Waals surface area contributed by atoms with Crippen molar-refractivity contribution in [2.45, 2.75) is 19.0 Å². The molecule has 2 aromatic carbocycles. The van der Waals surface area contributed by atoms with Crippen molar-refractivity contribution in [2.75, 3.05) is 6.54 Å². The van der Waals surface area contributed by atoms with E-state index in [0.29, 0.717) is 0 Å². The molecule has 0 radical (unpaired) electrons. The van der Waals surface area contributed by atoms with Gasteiger partial charge in [-0.2, -0.15) is 5.10 Å². The zero-order valence-electron chi connectivity index (χ0n) is 15.9. The number of aryl methyl sites for hydroxylation is 1. The van der Waals surface area contributed by atoms with Gasteiger partial charge in [-0.25, -0.2) is 4.98 Å². The van der Waals surface area contributed by atoms with E-state index >= 15 is 0 Å². The van der Waals surface area contributed by atoms with Crippen LogP contribution >= 0.6 is 0 Å². The maximum atomic E-state index is 4.66. The Kier molecular flexibility index (Phi) is 4.29. The SMILES string of the molecule is Cn1cc([C@@H]2c3nc[nH]c3CCN2Cc2ccccc2-c2ccccc2)cn1. The van der Waals surface area contributed by atoms with Crippen molar-refractivity contribution in [3.63, 3.8) is 0 Å². The second-order valence-electron chi connectivity index (χ2n) is 7.36. The summed E-state index contributed by atoms with van der Waals surface area (Å²) < 4.78 is 1.87. The molecule has 5 heteroatoms. The quantitative estimate of drug-likeness (QED) is 0.592. The van der Waals surface area contributed by atoms with E-state index < -0.39 is 0 Å². The predicted molar refractivity (Wildman–Crippen MR) is 110 cm³/mol. The number of nitrogens with one attached hydrogen (secondary N) is 1. The summed E-state index contributed by atoms with van der Waals surface area (Å²) in [5, 5.41) is 4.41. The Hall–Kier alpha value is -3.18. The number of benzene rings is 2. The Balaban J connectivity index is 1.53. The highest BCUT2D eigenvalue weighted by atomic mass is 15.3. The molecule has 4 aromatic rings. The normalized spacial score (nSPS) is 16.8. The van der Waals surface area contributed by atoms with Gasteiger partial charge in [0.25, 0.3) is 0 Å². The molecule has 1 aliphatic heterocycles. The molecule has 0 amide bonds. The number of imidazole rings is 1. The van der Waals surface area contributed by atoms with E-state index in [1.807, 2.05) is 24.3 Å². The number of aromatic nitrogens is 4. The molecule has 28 heavy (non-hydrogen) atoms. The summed E-state index contributed by atoms with van der Waals surface area (Å²) in [5.74, 6) is 0. The molecule has 0 unspecified atom stereocenters. The minimum absolute atomic E-state index is 0.118. The fourth-order valence-corrected chi connectivity index (χ4v) is 4.22. The van der Waals surface area contributed by atoms with Crippen LogP contribution in [0.4, 0.5) is 0 Å². The summed E-state index contributed by atoms with van der Waals surface area (Å²) in [6.45, 7) is 1.86. The van der Waals surface area contributed by atoms with E-state index in [1.165, 1.54) is 27.9 Å². The topological polar surface area (TPSA) is 49.7 Å². The molecule has 0 bridgehead atoms. The molecule has 0 saturated carbocycles. The maximum Gasteiger partial charge on any atom is 0.0926 e. The second-order valence-corrected chi connectivity index (χ2v) is 7.36. The number of hydrogen-bond donors (Lipinski definition) is 1. The lowest BCUT2D eigenvalue weighted by Gasteiger charge is -2.35. The Morgan fingerprint density at radius 1 is 1.07 bits per heavy atom. The van der Waals surface area contributed by atoms with E-state index in [4.69, 9.17) is 0 Å². The fourth-order valence-electron chi connectivity index (χ4n) is 4.22. The van der Waals surface area contributed by atoms with Gasteiger partial charge in [-0.05, 0) is 16.7 Å². The number of rotatable bonds is 4. The van der Waals surface area contributed by atoms with Crippen LogP contribution < -0.4 is 0 Å². The van der Waals surface area contributed by atoms with Crippen molar-refractivity contribution in [2.24, 2.45) is 7.05 Å². The molecule has 0 fully saturated rings. The van der Waals surface area contributed by atoms with Crippen molar-refractivity contribution in [3.8, 4) is 11.1 Å². The molecular weight excluding hydrogens is 346 g/mol. The Morgan fingerprint density at radius 2 is 1.89 bits per heavy atom. The van der Waals surface area contributed by atoms with Crippen molar-refractivity contribution in [3.05, 3.63) is 95.8 Å². The average Bonchev–Trinajstić information content (AvgIpc) is 3.38. The van der Waals surface area contributed by atoms with Gasteiger partial charge in [0.2, 0.25) is 0 Å². The Labute approximate surface area is 164 Å². The van der Waals surface area contributed by atoms with Crippen LogP contribution in [0, 0.1) is 0 Å². The second kappa shape index (κ2) is 7.09. The molecule has 3 heterocycles. The Morgan fingerprint density at radius 3 is 2.71 bits per heavy atom. The zero-order chi connectivity index (χ0) is 18.9. The molecule has 5 rings (SSSR count). The molecule has 5 nitrogen and oxygen atoms in total. The van der Waals surface area contributed by atoms with Gasteiger partial charge in [0.15, 0.2) is 0 Å². The first-order chi connectivity index (χ1) is 13.8.